The van der Waals surface area contributed by atoms with E-state index in [0.717, 1.165) is 0 Å². The van der Waals surface area contributed by atoms with Gasteiger partial charge in [-0.05, 0) is 20.8 Å². The monoisotopic (exact) mass is 174 g/mol. The smallest absolute Gasteiger partial charge is 0.315 e. The Hall–Kier alpha value is -0.610. The van der Waals surface area contributed by atoms with E-state index < -0.39 is 29.7 Å². The van der Waals surface area contributed by atoms with E-state index in [4.69, 9.17) is 9.84 Å². The van der Waals surface area contributed by atoms with Crippen LogP contribution in [0.15, 0.2) is 0 Å². The molecule has 3 atom stereocenters. The van der Waals surface area contributed by atoms with Crippen molar-refractivity contribution in [3.63, 3.8) is 0 Å². The first-order chi connectivity index (χ1) is 5.36. The number of esters is 1. The second kappa shape index (κ2) is 2.71. The molecule has 12 heavy (non-hydrogen) atoms. The van der Waals surface area contributed by atoms with Crippen LogP contribution in [0.2, 0.25) is 0 Å². The van der Waals surface area contributed by atoms with Crippen molar-refractivity contribution in [1.82, 2.24) is 0 Å². The van der Waals surface area contributed by atoms with Gasteiger partial charge in [0.1, 0.15) is 17.6 Å². The third kappa shape index (κ3) is 1.32. The third-order valence-corrected chi connectivity index (χ3v) is 2.21. The molecule has 0 aromatic carbocycles. The lowest BCUT2D eigenvalue weighted by Crippen LogP contribution is -2.38. The SMILES string of the molecule is C[C@@H](O)C1C(=O)OC(C)(C)[C@@H]1O. The van der Waals surface area contributed by atoms with Gasteiger partial charge in [-0.2, -0.15) is 0 Å². The summed E-state index contributed by atoms with van der Waals surface area (Å²) in [5.74, 6) is -1.33. The van der Waals surface area contributed by atoms with Crippen molar-refractivity contribution in [3.05, 3.63) is 0 Å². The molecular weight excluding hydrogens is 160 g/mol. The fourth-order valence-electron chi connectivity index (χ4n) is 1.41. The minimum Gasteiger partial charge on any atom is -0.457 e. The topological polar surface area (TPSA) is 66.8 Å². The highest BCUT2D eigenvalue weighted by atomic mass is 16.6. The van der Waals surface area contributed by atoms with Gasteiger partial charge < -0.3 is 14.9 Å². The van der Waals surface area contributed by atoms with E-state index in [-0.39, 0.29) is 0 Å². The van der Waals surface area contributed by atoms with Gasteiger partial charge in [-0.25, -0.2) is 0 Å². The van der Waals surface area contributed by atoms with E-state index in [1.807, 2.05) is 0 Å². The number of rotatable bonds is 1. The first-order valence-corrected chi connectivity index (χ1v) is 3.95. The zero-order valence-corrected chi connectivity index (χ0v) is 7.44. The van der Waals surface area contributed by atoms with E-state index in [9.17, 15) is 9.90 Å². The van der Waals surface area contributed by atoms with Crippen LogP contribution in [0.5, 0.6) is 0 Å². The maximum absolute atomic E-state index is 11.1. The summed E-state index contributed by atoms with van der Waals surface area (Å²) in [6.45, 7) is 4.71. The van der Waals surface area contributed by atoms with E-state index in [1.165, 1.54) is 6.92 Å². The minimum absolute atomic E-state index is 0.525. The summed E-state index contributed by atoms with van der Waals surface area (Å²) in [7, 11) is 0. The second-order valence-corrected chi connectivity index (χ2v) is 3.74. The Morgan fingerprint density at radius 1 is 1.58 bits per heavy atom. The molecule has 0 saturated carbocycles. The summed E-state index contributed by atoms with van der Waals surface area (Å²) in [6, 6.07) is 0. The molecule has 0 aliphatic carbocycles. The molecule has 1 heterocycles. The highest BCUT2D eigenvalue weighted by molar-refractivity contribution is 5.77. The van der Waals surface area contributed by atoms with Crippen LogP contribution in [-0.2, 0) is 9.53 Å². The Bertz CT molecular complexity index is 197. The number of hydrogen-bond acceptors (Lipinski definition) is 4. The van der Waals surface area contributed by atoms with Gasteiger partial charge in [-0.1, -0.05) is 0 Å². The summed E-state index contributed by atoms with van der Waals surface area (Å²) in [5.41, 5.74) is -0.876. The van der Waals surface area contributed by atoms with Gasteiger partial charge in [0.2, 0.25) is 0 Å². The van der Waals surface area contributed by atoms with Crippen molar-refractivity contribution in [2.75, 3.05) is 0 Å². The van der Waals surface area contributed by atoms with Crippen molar-refractivity contribution in [3.8, 4) is 0 Å². The molecule has 0 spiro atoms. The summed E-state index contributed by atoms with van der Waals surface area (Å²) in [6.07, 6.45) is -1.79. The van der Waals surface area contributed by atoms with Gasteiger partial charge in [0.15, 0.2) is 0 Å². The van der Waals surface area contributed by atoms with Crippen LogP contribution in [0, 0.1) is 5.92 Å². The maximum Gasteiger partial charge on any atom is 0.315 e. The number of hydrogen-bond donors (Lipinski definition) is 2. The molecule has 70 valence electrons. The van der Waals surface area contributed by atoms with Crippen molar-refractivity contribution >= 4 is 5.97 Å². The summed E-state index contributed by atoms with van der Waals surface area (Å²) >= 11 is 0. The molecule has 1 rings (SSSR count). The molecule has 1 aliphatic heterocycles. The molecule has 0 aromatic heterocycles. The molecule has 0 radical (unpaired) electrons. The van der Waals surface area contributed by atoms with Crippen LogP contribution in [0.1, 0.15) is 20.8 Å². The molecule has 1 fully saturated rings. The highest BCUT2D eigenvalue weighted by Gasteiger charge is 2.51. The van der Waals surface area contributed by atoms with Crippen LogP contribution in [0.3, 0.4) is 0 Å². The van der Waals surface area contributed by atoms with Gasteiger partial charge in [-0.15, -0.1) is 0 Å². The van der Waals surface area contributed by atoms with E-state index >= 15 is 0 Å². The molecule has 0 bridgehead atoms. The maximum atomic E-state index is 11.1. The van der Waals surface area contributed by atoms with Crippen molar-refractivity contribution in [1.29, 1.82) is 0 Å². The molecule has 0 amide bonds. The Morgan fingerprint density at radius 3 is 2.25 bits per heavy atom. The van der Waals surface area contributed by atoms with Crippen LogP contribution in [-0.4, -0.2) is 34.0 Å². The van der Waals surface area contributed by atoms with Gasteiger partial charge in [0, 0.05) is 0 Å². The normalized spacial score (nSPS) is 36.2. The zero-order chi connectivity index (χ0) is 9.52. The molecule has 0 aromatic rings. The second-order valence-electron chi connectivity index (χ2n) is 3.74. The van der Waals surface area contributed by atoms with Crippen molar-refractivity contribution < 1.29 is 19.7 Å². The van der Waals surface area contributed by atoms with Crippen molar-refractivity contribution in [2.24, 2.45) is 5.92 Å². The molecule has 4 nitrogen and oxygen atoms in total. The molecule has 1 aliphatic rings. The molecule has 4 heteroatoms. The van der Waals surface area contributed by atoms with Crippen LogP contribution < -0.4 is 0 Å². The Labute approximate surface area is 71.2 Å². The Kier molecular flexibility index (Phi) is 2.14. The van der Waals surface area contributed by atoms with Crippen LogP contribution in [0.4, 0.5) is 0 Å². The summed E-state index contributed by atoms with van der Waals surface area (Å²) in [5, 5.41) is 18.7. The largest absolute Gasteiger partial charge is 0.457 e. The summed E-state index contributed by atoms with van der Waals surface area (Å²) < 4.78 is 4.89. The van der Waals surface area contributed by atoms with Gasteiger partial charge in [-0.3, -0.25) is 4.79 Å². The number of carbonyl (C=O) groups excluding carboxylic acids is 1. The first-order valence-electron chi connectivity index (χ1n) is 3.95. The fraction of sp³-hybridized carbons (Fsp3) is 0.875. The Morgan fingerprint density at radius 2 is 2.08 bits per heavy atom. The highest BCUT2D eigenvalue weighted by Crippen LogP contribution is 2.32. The zero-order valence-electron chi connectivity index (χ0n) is 7.44. The number of aliphatic hydroxyl groups is 2. The first kappa shape index (κ1) is 9.48. The van der Waals surface area contributed by atoms with E-state index in [2.05, 4.69) is 0 Å². The lowest BCUT2D eigenvalue weighted by Gasteiger charge is -2.22. The number of aliphatic hydroxyl groups excluding tert-OH is 2. The van der Waals surface area contributed by atoms with Gasteiger partial charge in [0.05, 0.1) is 6.10 Å². The quantitative estimate of drug-likeness (QED) is 0.535. The number of cyclic esters (lactones) is 1. The lowest BCUT2D eigenvalue weighted by atomic mass is 9.90. The number of carbonyl (C=O) groups is 1. The average molecular weight is 174 g/mol. The number of ether oxygens (including phenoxy) is 1. The van der Waals surface area contributed by atoms with E-state index in [1.54, 1.807) is 13.8 Å². The predicted molar refractivity (Wildman–Crippen MR) is 41.3 cm³/mol. The fourth-order valence-corrected chi connectivity index (χ4v) is 1.41. The predicted octanol–water partition coefficient (Wildman–Crippen LogP) is -0.320. The van der Waals surface area contributed by atoms with Crippen molar-refractivity contribution in [2.45, 2.75) is 38.6 Å². The minimum atomic E-state index is -0.926. The standard InChI is InChI=1S/C8H14O4/c1-4(9)5-6(10)8(2,3)12-7(5)11/h4-6,9-10H,1-3H3/t4-,5?,6-/m1/s1. The summed E-state index contributed by atoms with van der Waals surface area (Å²) in [4.78, 5) is 11.1. The van der Waals surface area contributed by atoms with Gasteiger partial charge in [0.25, 0.3) is 0 Å². The third-order valence-electron chi connectivity index (χ3n) is 2.21. The Balaban J connectivity index is 2.85. The van der Waals surface area contributed by atoms with Crippen LogP contribution >= 0.6 is 0 Å². The van der Waals surface area contributed by atoms with E-state index in [0.29, 0.717) is 0 Å². The average Bonchev–Trinajstić information content (AvgIpc) is 2.02. The molecular formula is C8H14O4. The van der Waals surface area contributed by atoms with Crippen LogP contribution in [0.25, 0.3) is 0 Å². The molecule has 2 N–H and O–H groups in total. The van der Waals surface area contributed by atoms with Gasteiger partial charge >= 0.3 is 5.97 Å². The lowest BCUT2D eigenvalue weighted by molar-refractivity contribution is -0.150. The molecule has 1 unspecified atom stereocenters. The molecule has 1 saturated heterocycles.